The van der Waals surface area contributed by atoms with E-state index >= 15 is 0 Å². The van der Waals surface area contributed by atoms with Gasteiger partial charge in [0, 0.05) is 30.2 Å². The molecule has 20 heavy (non-hydrogen) atoms. The molecule has 2 unspecified atom stereocenters. The highest BCUT2D eigenvalue weighted by Gasteiger charge is 2.55. The average molecular weight is 276 g/mol. The Bertz CT molecular complexity index is 356. The van der Waals surface area contributed by atoms with Crippen LogP contribution in [0.1, 0.15) is 65.7 Å². The topological polar surface area (TPSA) is 15.3 Å². The Balaban J connectivity index is 1.62. The maximum atomic E-state index is 3.82. The number of rotatable bonds is 2. The predicted molar refractivity (Wildman–Crippen MR) is 83.8 cm³/mol. The molecule has 1 aliphatic heterocycles. The average Bonchev–Trinajstić information content (AvgIpc) is 2.40. The van der Waals surface area contributed by atoms with Gasteiger partial charge in [-0.25, -0.2) is 0 Å². The molecule has 0 aromatic rings. The lowest BCUT2D eigenvalue weighted by Gasteiger charge is -2.64. The molecule has 1 heterocycles. The van der Waals surface area contributed by atoms with Crippen LogP contribution in [0, 0.1) is 17.8 Å². The van der Waals surface area contributed by atoms with E-state index in [1.165, 1.54) is 38.8 Å². The van der Waals surface area contributed by atoms with Crippen LogP contribution in [0.3, 0.4) is 0 Å². The van der Waals surface area contributed by atoms with E-state index in [-0.39, 0.29) is 0 Å². The van der Waals surface area contributed by atoms with Gasteiger partial charge in [0.1, 0.15) is 0 Å². The minimum atomic E-state index is 0.343. The van der Waals surface area contributed by atoms with E-state index in [1.807, 2.05) is 0 Å². The Kier molecular flexibility index (Phi) is 3.03. The summed E-state index contributed by atoms with van der Waals surface area (Å²) in [6.45, 7) is 9.71. The van der Waals surface area contributed by atoms with Crippen LogP contribution in [-0.4, -0.2) is 35.1 Å². The van der Waals surface area contributed by atoms with Crippen LogP contribution in [0.15, 0.2) is 0 Å². The Hall–Kier alpha value is -0.0800. The van der Waals surface area contributed by atoms with Crippen molar-refractivity contribution in [1.82, 2.24) is 10.2 Å². The van der Waals surface area contributed by atoms with E-state index in [4.69, 9.17) is 0 Å². The quantitative estimate of drug-likeness (QED) is 0.831. The van der Waals surface area contributed by atoms with E-state index in [0.717, 1.165) is 23.8 Å². The molecule has 0 spiro atoms. The third-order valence-corrected chi connectivity index (χ3v) is 7.27. The minimum absolute atomic E-state index is 0.343. The molecule has 5 aliphatic rings. The van der Waals surface area contributed by atoms with Gasteiger partial charge in [0.15, 0.2) is 0 Å². The van der Waals surface area contributed by atoms with Gasteiger partial charge in [-0.05, 0) is 76.5 Å². The van der Waals surface area contributed by atoms with Crippen LogP contribution in [0.4, 0.5) is 0 Å². The zero-order valence-electron chi connectivity index (χ0n) is 13.6. The molecule has 1 N–H and O–H groups in total. The van der Waals surface area contributed by atoms with Gasteiger partial charge in [0.25, 0.3) is 0 Å². The number of piperazine rings is 1. The normalized spacial score (nSPS) is 55.4. The molecule has 4 bridgehead atoms. The molecule has 0 aromatic heterocycles. The van der Waals surface area contributed by atoms with Crippen LogP contribution in [0.2, 0.25) is 0 Å². The van der Waals surface area contributed by atoms with Crippen molar-refractivity contribution in [3.05, 3.63) is 0 Å². The monoisotopic (exact) mass is 276 g/mol. The summed E-state index contributed by atoms with van der Waals surface area (Å²) in [5.74, 6) is 3.20. The van der Waals surface area contributed by atoms with Crippen LogP contribution in [-0.2, 0) is 0 Å². The van der Waals surface area contributed by atoms with Crippen molar-refractivity contribution in [2.45, 2.75) is 82.8 Å². The summed E-state index contributed by atoms with van der Waals surface area (Å²) in [5.41, 5.74) is 0.933. The fraction of sp³-hybridized carbons (Fsp3) is 1.00. The van der Waals surface area contributed by atoms with Gasteiger partial charge in [-0.1, -0.05) is 6.92 Å². The first kappa shape index (κ1) is 13.6. The van der Waals surface area contributed by atoms with Crippen molar-refractivity contribution in [3.8, 4) is 0 Å². The zero-order chi connectivity index (χ0) is 14.0. The van der Waals surface area contributed by atoms with Crippen molar-refractivity contribution >= 4 is 0 Å². The van der Waals surface area contributed by atoms with E-state index in [1.54, 1.807) is 19.3 Å². The number of nitrogens with zero attached hydrogens (tertiary/aromatic N) is 1. The van der Waals surface area contributed by atoms with Crippen molar-refractivity contribution in [3.63, 3.8) is 0 Å². The lowest BCUT2D eigenvalue weighted by atomic mass is 9.52. The third kappa shape index (κ3) is 1.98. The minimum Gasteiger partial charge on any atom is -0.309 e. The number of nitrogens with one attached hydrogen (secondary N) is 1. The fourth-order valence-electron chi connectivity index (χ4n) is 6.38. The Morgan fingerprint density at radius 2 is 1.60 bits per heavy atom. The summed E-state index contributed by atoms with van der Waals surface area (Å²) in [6.07, 6.45) is 10.5. The highest BCUT2D eigenvalue weighted by molar-refractivity contribution is 5.10. The first-order valence-corrected chi connectivity index (χ1v) is 9.04. The first-order chi connectivity index (χ1) is 9.52. The van der Waals surface area contributed by atoms with E-state index in [0.29, 0.717) is 11.1 Å². The van der Waals surface area contributed by atoms with Gasteiger partial charge >= 0.3 is 0 Å². The summed E-state index contributed by atoms with van der Waals surface area (Å²) >= 11 is 0. The largest absolute Gasteiger partial charge is 0.309 e. The fourth-order valence-corrected chi connectivity index (χ4v) is 6.38. The summed E-state index contributed by atoms with van der Waals surface area (Å²) in [6, 6.07) is 0.728. The molecule has 2 heteroatoms. The highest BCUT2D eigenvalue weighted by Crippen LogP contribution is 2.58. The third-order valence-electron chi connectivity index (χ3n) is 7.27. The van der Waals surface area contributed by atoms with E-state index in [2.05, 4.69) is 31.0 Å². The first-order valence-electron chi connectivity index (χ1n) is 9.04. The highest BCUT2D eigenvalue weighted by atomic mass is 15.3. The predicted octanol–water partition coefficient (Wildman–Crippen LogP) is 3.42. The van der Waals surface area contributed by atoms with Gasteiger partial charge in [-0.3, -0.25) is 4.90 Å². The zero-order valence-corrected chi connectivity index (χ0v) is 13.6. The molecule has 5 rings (SSSR count). The van der Waals surface area contributed by atoms with Crippen LogP contribution >= 0.6 is 0 Å². The van der Waals surface area contributed by atoms with Gasteiger partial charge in [-0.15, -0.1) is 0 Å². The summed E-state index contributed by atoms with van der Waals surface area (Å²) in [5, 5.41) is 3.82. The summed E-state index contributed by atoms with van der Waals surface area (Å²) in [4.78, 5) is 2.97. The van der Waals surface area contributed by atoms with Gasteiger partial charge < -0.3 is 5.32 Å². The Morgan fingerprint density at radius 3 is 2.10 bits per heavy atom. The van der Waals surface area contributed by atoms with Crippen molar-refractivity contribution in [2.75, 3.05) is 13.1 Å². The SMILES string of the molecule is CCC1(C)CN(C23CC4CC(CC(C4)C2)C3)C(C)CN1. The molecule has 5 fully saturated rings. The molecule has 0 radical (unpaired) electrons. The Morgan fingerprint density at radius 1 is 1.05 bits per heavy atom. The molecule has 114 valence electrons. The maximum absolute atomic E-state index is 3.82. The molecular weight excluding hydrogens is 244 g/mol. The lowest BCUT2D eigenvalue weighted by molar-refractivity contribution is -0.120. The molecule has 1 saturated heterocycles. The smallest absolute Gasteiger partial charge is 0.0278 e. The molecule has 0 amide bonds. The molecule has 2 atom stereocenters. The lowest BCUT2D eigenvalue weighted by Crippen LogP contribution is -2.71. The maximum Gasteiger partial charge on any atom is 0.0278 e. The van der Waals surface area contributed by atoms with Crippen molar-refractivity contribution < 1.29 is 0 Å². The second-order valence-corrected chi connectivity index (χ2v) is 8.91. The number of hydrogen-bond donors (Lipinski definition) is 1. The summed E-state index contributed by atoms with van der Waals surface area (Å²) < 4.78 is 0. The van der Waals surface area contributed by atoms with Crippen molar-refractivity contribution in [2.24, 2.45) is 17.8 Å². The molecule has 2 nitrogen and oxygen atoms in total. The number of hydrogen-bond acceptors (Lipinski definition) is 2. The summed E-state index contributed by atoms with van der Waals surface area (Å²) in [7, 11) is 0. The van der Waals surface area contributed by atoms with Crippen LogP contribution in [0.25, 0.3) is 0 Å². The van der Waals surface area contributed by atoms with E-state index < -0.39 is 0 Å². The second kappa shape index (κ2) is 4.46. The van der Waals surface area contributed by atoms with Gasteiger partial charge in [0.05, 0.1) is 0 Å². The van der Waals surface area contributed by atoms with Gasteiger partial charge in [-0.2, -0.15) is 0 Å². The molecule has 4 aliphatic carbocycles. The Labute approximate surface area is 124 Å². The molecule has 0 aromatic carbocycles. The molecule has 4 saturated carbocycles. The van der Waals surface area contributed by atoms with Crippen molar-refractivity contribution in [1.29, 1.82) is 0 Å². The van der Waals surface area contributed by atoms with Gasteiger partial charge in [0.2, 0.25) is 0 Å². The second-order valence-electron chi connectivity index (χ2n) is 8.91. The van der Waals surface area contributed by atoms with Crippen LogP contribution in [0.5, 0.6) is 0 Å². The van der Waals surface area contributed by atoms with E-state index in [9.17, 15) is 0 Å². The molecular formula is C18H32N2. The van der Waals surface area contributed by atoms with Crippen LogP contribution < -0.4 is 5.32 Å². The standard InChI is InChI=1S/C18H32N2/c1-4-17(3)12-20(13(2)11-19-17)18-8-14-5-15(9-18)7-16(6-14)10-18/h13-16,19H,4-12H2,1-3H3.